The average molecular weight is 302 g/mol. The van der Waals surface area contributed by atoms with E-state index in [0.717, 1.165) is 23.1 Å². The number of halogens is 1. The molecule has 0 radical (unpaired) electrons. The van der Waals surface area contributed by atoms with E-state index in [1.165, 1.54) is 0 Å². The van der Waals surface area contributed by atoms with E-state index < -0.39 is 5.78 Å². The van der Waals surface area contributed by atoms with E-state index >= 15 is 0 Å². The molecule has 2 aromatic carbocycles. The Labute approximate surface area is 129 Å². The first kappa shape index (κ1) is 15.3. The third-order valence-electron chi connectivity index (χ3n) is 3.20. The zero-order valence-corrected chi connectivity index (χ0v) is 12.7. The van der Waals surface area contributed by atoms with Crippen LogP contribution in [-0.4, -0.2) is 12.0 Å². The van der Waals surface area contributed by atoms with Crippen molar-refractivity contribution in [3.05, 3.63) is 63.7 Å². The maximum Gasteiger partial charge on any atom is 0.205 e. The molecule has 0 saturated heterocycles. The molecule has 2 aromatic rings. The fourth-order valence-electron chi connectivity index (χ4n) is 2.06. The van der Waals surface area contributed by atoms with Crippen molar-refractivity contribution in [1.82, 2.24) is 0 Å². The van der Waals surface area contributed by atoms with Gasteiger partial charge >= 0.3 is 0 Å². The zero-order chi connectivity index (χ0) is 15.4. The topological polar surface area (TPSA) is 50.2 Å². The molecule has 4 heteroatoms. The lowest BCUT2D eigenvalue weighted by Gasteiger charge is -2.12. The highest BCUT2D eigenvalue weighted by atomic mass is 35.5. The number of benzene rings is 2. The molecule has 0 atom stereocenters. The smallest absolute Gasteiger partial charge is 0.205 e. The van der Waals surface area contributed by atoms with Crippen molar-refractivity contribution in [3.63, 3.8) is 0 Å². The summed E-state index contributed by atoms with van der Waals surface area (Å²) >= 11 is 6.06. The standard InChI is InChI=1S/C17H16ClNO2/c1-11-6-7-12(2)16(8-11)21-10-13-4-3-5-14(18)17(13)15(20)9-19/h3-9,19H,10H2,1-2H3. The van der Waals surface area contributed by atoms with Crippen LogP contribution in [-0.2, 0) is 6.61 Å². The molecule has 0 aliphatic heterocycles. The van der Waals surface area contributed by atoms with Gasteiger partial charge in [0.2, 0.25) is 5.78 Å². The Morgan fingerprint density at radius 3 is 2.76 bits per heavy atom. The van der Waals surface area contributed by atoms with Gasteiger partial charge in [-0.05, 0) is 37.1 Å². The molecule has 108 valence electrons. The molecule has 0 aromatic heterocycles. The summed E-state index contributed by atoms with van der Waals surface area (Å²) in [6.45, 7) is 4.20. The van der Waals surface area contributed by atoms with Crippen molar-refractivity contribution < 1.29 is 9.53 Å². The number of carbonyl (C=O) groups is 1. The number of hydrogen-bond donors (Lipinski definition) is 1. The van der Waals surface area contributed by atoms with Gasteiger partial charge in [-0.2, -0.15) is 0 Å². The second-order valence-electron chi connectivity index (χ2n) is 4.84. The summed E-state index contributed by atoms with van der Waals surface area (Å²) in [6, 6.07) is 11.2. The Hall–Kier alpha value is -2.13. The predicted molar refractivity (Wildman–Crippen MR) is 84.8 cm³/mol. The lowest BCUT2D eigenvalue weighted by Crippen LogP contribution is -2.08. The van der Waals surface area contributed by atoms with E-state index in [2.05, 4.69) is 0 Å². The van der Waals surface area contributed by atoms with Crippen molar-refractivity contribution in [2.24, 2.45) is 0 Å². The van der Waals surface area contributed by atoms with E-state index in [0.29, 0.717) is 16.1 Å². The summed E-state index contributed by atoms with van der Waals surface area (Å²) in [7, 11) is 0. The summed E-state index contributed by atoms with van der Waals surface area (Å²) in [5.41, 5.74) is 3.15. The van der Waals surface area contributed by atoms with Gasteiger partial charge in [0.05, 0.1) is 11.2 Å². The number of nitrogens with one attached hydrogen (secondary N) is 1. The number of ketones is 1. The number of Topliss-reactive ketones (excluding diaryl/α,β-unsaturated/α-hetero) is 1. The van der Waals surface area contributed by atoms with Gasteiger partial charge in [-0.25, -0.2) is 0 Å². The fourth-order valence-corrected chi connectivity index (χ4v) is 2.34. The predicted octanol–water partition coefficient (Wildman–Crippen LogP) is 4.37. The van der Waals surface area contributed by atoms with E-state index in [9.17, 15) is 4.79 Å². The van der Waals surface area contributed by atoms with Crippen molar-refractivity contribution >= 4 is 23.6 Å². The number of hydrogen-bond acceptors (Lipinski definition) is 3. The third-order valence-corrected chi connectivity index (χ3v) is 3.52. The quantitative estimate of drug-likeness (QED) is 0.658. The second-order valence-corrected chi connectivity index (χ2v) is 5.25. The minimum Gasteiger partial charge on any atom is -0.489 e. The van der Waals surface area contributed by atoms with Crippen LogP contribution in [0.2, 0.25) is 5.02 Å². The van der Waals surface area contributed by atoms with Crippen molar-refractivity contribution in [1.29, 1.82) is 5.41 Å². The first-order valence-electron chi connectivity index (χ1n) is 6.55. The molecule has 0 bridgehead atoms. The third kappa shape index (κ3) is 3.50. The molecular weight excluding hydrogens is 286 g/mol. The van der Waals surface area contributed by atoms with Crippen LogP contribution in [0.15, 0.2) is 36.4 Å². The Morgan fingerprint density at radius 1 is 1.29 bits per heavy atom. The molecule has 2 rings (SSSR count). The summed E-state index contributed by atoms with van der Waals surface area (Å²) in [5, 5.41) is 7.46. The molecule has 0 amide bonds. The molecule has 0 aliphatic rings. The largest absolute Gasteiger partial charge is 0.489 e. The molecule has 0 spiro atoms. The van der Waals surface area contributed by atoms with Crippen molar-refractivity contribution in [2.75, 3.05) is 0 Å². The first-order chi connectivity index (χ1) is 10.0. The van der Waals surface area contributed by atoms with Crippen LogP contribution in [0.5, 0.6) is 5.75 Å². The van der Waals surface area contributed by atoms with Crippen LogP contribution in [0.4, 0.5) is 0 Å². The number of aryl methyl sites for hydroxylation is 2. The molecule has 21 heavy (non-hydrogen) atoms. The Balaban J connectivity index is 2.28. The lowest BCUT2D eigenvalue weighted by molar-refractivity contribution is 0.106. The molecule has 3 nitrogen and oxygen atoms in total. The number of carbonyl (C=O) groups excluding carboxylic acids is 1. The van der Waals surface area contributed by atoms with E-state index in [1.54, 1.807) is 18.2 Å². The van der Waals surface area contributed by atoms with Gasteiger partial charge in [-0.1, -0.05) is 35.9 Å². The molecule has 0 aliphatic carbocycles. The fraction of sp³-hybridized carbons (Fsp3) is 0.176. The monoisotopic (exact) mass is 301 g/mol. The van der Waals surface area contributed by atoms with Crippen LogP contribution in [0.25, 0.3) is 0 Å². The minimum atomic E-state index is -0.417. The van der Waals surface area contributed by atoms with Gasteiger partial charge in [0.1, 0.15) is 12.4 Å². The molecule has 0 fully saturated rings. The van der Waals surface area contributed by atoms with E-state index in [4.69, 9.17) is 21.7 Å². The normalized spacial score (nSPS) is 10.2. The van der Waals surface area contributed by atoms with Gasteiger partial charge in [-0.15, -0.1) is 0 Å². The summed E-state index contributed by atoms with van der Waals surface area (Å²) in [6.07, 6.45) is 0.766. The molecule has 0 heterocycles. The Bertz CT molecular complexity index is 695. The second kappa shape index (κ2) is 6.55. The number of ether oxygens (including phenoxy) is 1. The molecule has 1 N–H and O–H groups in total. The molecule has 0 saturated carbocycles. The summed E-state index contributed by atoms with van der Waals surface area (Å²) < 4.78 is 5.81. The summed E-state index contributed by atoms with van der Waals surface area (Å²) in [4.78, 5) is 11.8. The van der Waals surface area contributed by atoms with Gasteiger partial charge in [-0.3, -0.25) is 4.79 Å². The van der Waals surface area contributed by atoms with Crippen LogP contribution in [0.3, 0.4) is 0 Å². The Morgan fingerprint density at radius 2 is 2.05 bits per heavy atom. The van der Waals surface area contributed by atoms with E-state index in [-0.39, 0.29) is 6.61 Å². The summed E-state index contributed by atoms with van der Waals surface area (Å²) in [5.74, 6) is 0.364. The molecular formula is C17H16ClNO2. The van der Waals surface area contributed by atoms with E-state index in [1.807, 2.05) is 32.0 Å². The highest BCUT2D eigenvalue weighted by Crippen LogP contribution is 2.24. The molecule has 0 unspecified atom stereocenters. The minimum absolute atomic E-state index is 0.236. The average Bonchev–Trinajstić information content (AvgIpc) is 2.47. The van der Waals surface area contributed by atoms with Gasteiger partial charge in [0.25, 0.3) is 0 Å². The number of rotatable bonds is 5. The SMILES string of the molecule is Cc1ccc(C)c(OCc2cccc(Cl)c2C(=O)C=N)c1. The van der Waals surface area contributed by atoms with Crippen LogP contribution < -0.4 is 4.74 Å². The van der Waals surface area contributed by atoms with Crippen LogP contribution in [0.1, 0.15) is 27.0 Å². The maximum atomic E-state index is 11.8. The first-order valence-corrected chi connectivity index (χ1v) is 6.93. The highest BCUT2D eigenvalue weighted by Gasteiger charge is 2.14. The van der Waals surface area contributed by atoms with Gasteiger partial charge in [0.15, 0.2) is 0 Å². The van der Waals surface area contributed by atoms with Crippen molar-refractivity contribution in [3.8, 4) is 5.75 Å². The zero-order valence-electron chi connectivity index (χ0n) is 11.9. The Kier molecular flexibility index (Phi) is 4.76. The maximum absolute atomic E-state index is 11.8. The van der Waals surface area contributed by atoms with Crippen LogP contribution >= 0.6 is 11.6 Å². The van der Waals surface area contributed by atoms with Crippen LogP contribution in [0, 0.1) is 19.3 Å². The van der Waals surface area contributed by atoms with Gasteiger partial charge in [0, 0.05) is 11.1 Å². The van der Waals surface area contributed by atoms with Crippen molar-refractivity contribution in [2.45, 2.75) is 20.5 Å². The lowest BCUT2D eigenvalue weighted by atomic mass is 10.0. The van der Waals surface area contributed by atoms with Gasteiger partial charge < -0.3 is 10.1 Å². The highest BCUT2D eigenvalue weighted by molar-refractivity contribution is 6.42.